The van der Waals surface area contributed by atoms with Gasteiger partial charge in [0.15, 0.2) is 0 Å². The molecular formula is C16H22O. The van der Waals surface area contributed by atoms with Crippen LogP contribution in [-0.2, 0) is 11.2 Å². The molecule has 0 amide bonds. The smallest absolute Gasteiger partial charge is 0.133 e. The van der Waals surface area contributed by atoms with Gasteiger partial charge in [0.1, 0.15) is 5.78 Å². The molecule has 0 spiro atoms. The molecule has 2 rings (SSSR count). The van der Waals surface area contributed by atoms with E-state index >= 15 is 0 Å². The highest BCUT2D eigenvalue weighted by Gasteiger charge is 2.19. The Hall–Kier alpha value is -1.11. The average Bonchev–Trinajstić information content (AvgIpc) is 2.29. The predicted molar refractivity (Wildman–Crippen MR) is 71.2 cm³/mol. The number of hydrogen-bond donors (Lipinski definition) is 0. The Kier molecular flexibility index (Phi) is 3.98. The normalized spacial score (nSPS) is 20.9. The Labute approximate surface area is 104 Å². The van der Waals surface area contributed by atoms with E-state index in [0.717, 1.165) is 25.7 Å². The Morgan fingerprint density at radius 3 is 2.53 bits per heavy atom. The molecule has 1 fully saturated rings. The number of rotatable bonds is 3. The maximum Gasteiger partial charge on any atom is 0.133 e. The first-order chi connectivity index (χ1) is 8.15. The molecule has 0 bridgehead atoms. The van der Waals surface area contributed by atoms with Crippen molar-refractivity contribution in [2.75, 3.05) is 0 Å². The summed E-state index contributed by atoms with van der Waals surface area (Å²) in [5.74, 6) is 1.64. The second-order valence-corrected chi connectivity index (χ2v) is 5.60. The topological polar surface area (TPSA) is 17.1 Å². The van der Waals surface area contributed by atoms with Crippen molar-refractivity contribution < 1.29 is 4.79 Å². The van der Waals surface area contributed by atoms with Gasteiger partial charge in [-0.1, -0.05) is 38.1 Å². The van der Waals surface area contributed by atoms with E-state index in [9.17, 15) is 4.79 Å². The monoisotopic (exact) mass is 230 g/mol. The van der Waals surface area contributed by atoms with Gasteiger partial charge >= 0.3 is 0 Å². The molecule has 1 nitrogen and oxygen atoms in total. The molecule has 1 heteroatoms. The summed E-state index contributed by atoms with van der Waals surface area (Å²) >= 11 is 0. The quantitative estimate of drug-likeness (QED) is 0.763. The van der Waals surface area contributed by atoms with E-state index in [1.54, 1.807) is 0 Å². The number of carbonyl (C=O) groups excluding carboxylic acids is 1. The SMILES string of the molecule is CC(C)c1ccc(CC2CCCC(=O)C2)cc1. The molecule has 1 atom stereocenters. The molecule has 1 saturated carbocycles. The lowest BCUT2D eigenvalue weighted by Gasteiger charge is -2.20. The second-order valence-electron chi connectivity index (χ2n) is 5.60. The summed E-state index contributed by atoms with van der Waals surface area (Å²) in [6.45, 7) is 4.43. The van der Waals surface area contributed by atoms with Gasteiger partial charge < -0.3 is 0 Å². The van der Waals surface area contributed by atoms with E-state index in [-0.39, 0.29) is 0 Å². The van der Waals surface area contributed by atoms with E-state index in [4.69, 9.17) is 0 Å². The average molecular weight is 230 g/mol. The van der Waals surface area contributed by atoms with Crippen molar-refractivity contribution in [2.45, 2.75) is 51.9 Å². The minimum Gasteiger partial charge on any atom is -0.300 e. The first-order valence-corrected chi connectivity index (χ1v) is 6.75. The van der Waals surface area contributed by atoms with Crippen molar-refractivity contribution in [3.8, 4) is 0 Å². The summed E-state index contributed by atoms with van der Waals surface area (Å²) in [7, 11) is 0. The zero-order valence-electron chi connectivity index (χ0n) is 10.9. The van der Waals surface area contributed by atoms with E-state index in [2.05, 4.69) is 38.1 Å². The molecule has 1 aliphatic carbocycles. The molecule has 0 aromatic heterocycles. The summed E-state index contributed by atoms with van der Waals surface area (Å²) in [5, 5.41) is 0. The molecule has 0 N–H and O–H groups in total. The molecule has 1 aromatic carbocycles. The van der Waals surface area contributed by atoms with Crippen LogP contribution in [0.3, 0.4) is 0 Å². The Morgan fingerprint density at radius 2 is 1.94 bits per heavy atom. The van der Waals surface area contributed by atoms with Crippen LogP contribution in [0, 0.1) is 5.92 Å². The first kappa shape index (κ1) is 12.3. The minimum atomic E-state index is 0.458. The highest BCUT2D eigenvalue weighted by atomic mass is 16.1. The number of carbonyl (C=O) groups is 1. The largest absolute Gasteiger partial charge is 0.300 e. The Balaban J connectivity index is 1.96. The van der Waals surface area contributed by atoms with Crippen molar-refractivity contribution in [1.29, 1.82) is 0 Å². The highest BCUT2D eigenvalue weighted by Crippen LogP contribution is 2.25. The Morgan fingerprint density at radius 1 is 1.24 bits per heavy atom. The van der Waals surface area contributed by atoms with Crippen LogP contribution in [0.25, 0.3) is 0 Å². The molecule has 0 saturated heterocycles. The fraction of sp³-hybridized carbons (Fsp3) is 0.562. The molecule has 0 heterocycles. The van der Waals surface area contributed by atoms with Gasteiger partial charge in [0.05, 0.1) is 0 Å². The maximum absolute atomic E-state index is 11.4. The predicted octanol–water partition coefficient (Wildman–Crippen LogP) is 4.11. The lowest BCUT2D eigenvalue weighted by molar-refractivity contribution is -0.121. The van der Waals surface area contributed by atoms with Crippen molar-refractivity contribution in [2.24, 2.45) is 5.92 Å². The second kappa shape index (κ2) is 5.48. The third-order valence-corrected chi connectivity index (χ3v) is 3.76. The fourth-order valence-corrected chi connectivity index (χ4v) is 2.66. The fourth-order valence-electron chi connectivity index (χ4n) is 2.66. The van der Waals surface area contributed by atoms with E-state index in [1.807, 2.05) is 0 Å². The third kappa shape index (κ3) is 3.42. The van der Waals surface area contributed by atoms with Crippen molar-refractivity contribution in [1.82, 2.24) is 0 Å². The number of benzene rings is 1. The molecule has 92 valence electrons. The molecule has 1 aromatic rings. The van der Waals surface area contributed by atoms with Gasteiger partial charge in [0.25, 0.3) is 0 Å². The van der Waals surface area contributed by atoms with Crippen LogP contribution in [0.4, 0.5) is 0 Å². The number of Topliss-reactive ketones (excluding diaryl/α,β-unsaturated/α-hetero) is 1. The van der Waals surface area contributed by atoms with Gasteiger partial charge in [-0.15, -0.1) is 0 Å². The number of hydrogen-bond acceptors (Lipinski definition) is 1. The molecule has 17 heavy (non-hydrogen) atoms. The van der Waals surface area contributed by atoms with Gasteiger partial charge in [0.2, 0.25) is 0 Å². The van der Waals surface area contributed by atoms with Crippen LogP contribution >= 0.6 is 0 Å². The zero-order valence-corrected chi connectivity index (χ0v) is 10.9. The van der Waals surface area contributed by atoms with Crippen LogP contribution < -0.4 is 0 Å². The number of ketones is 1. The minimum absolute atomic E-state index is 0.458. The highest BCUT2D eigenvalue weighted by molar-refractivity contribution is 5.79. The van der Waals surface area contributed by atoms with Crippen LogP contribution in [0.5, 0.6) is 0 Å². The summed E-state index contributed by atoms with van der Waals surface area (Å²) in [6.07, 6.45) is 4.99. The van der Waals surface area contributed by atoms with Crippen molar-refractivity contribution >= 4 is 5.78 Å². The van der Waals surface area contributed by atoms with Gasteiger partial charge in [-0.3, -0.25) is 4.79 Å². The van der Waals surface area contributed by atoms with Crippen LogP contribution in [0.15, 0.2) is 24.3 Å². The standard InChI is InChI=1S/C16H22O/c1-12(2)15-8-6-13(7-9-15)10-14-4-3-5-16(17)11-14/h6-9,12,14H,3-5,10-11H2,1-2H3. The van der Waals surface area contributed by atoms with Crippen molar-refractivity contribution in [3.05, 3.63) is 35.4 Å². The van der Waals surface area contributed by atoms with Crippen molar-refractivity contribution in [3.63, 3.8) is 0 Å². The zero-order chi connectivity index (χ0) is 12.3. The van der Waals surface area contributed by atoms with E-state index in [0.29, 0.717) is 17.6 Å². The summed E-state index contributed by atoms with van der Waals surface area (Å²) in [4.78, 5) is 11.4. The van der Waals surface area contributed by atoms with Gasteiger partial charge in [-0.2, -0.15) is 0 Å². The van der Waals surface area contributed by atoms with Gasteiger partial charge in [-0.25, -0.2) is 0 Å². The summed E-state index contributed by atoms with van der Waals surface area (Å²) < 4.78 is 0. The van der Waals surface area contributed by atoms with E-state index < -0.39 is 0 Å². The molecular weight excluding hydrogens is 208 g/mol. The van der Waals surface area contributed by atoms with Crippen LogP contribution in [-0.4, -0.2) is 5.78 Å². The van der Waals surface area contributed by atoms with Crippen LogP contribution in [0.2, 0.25) is 0 Å². The third-order valence-electron chi connectivity index (χ3n) is 3.76. The summed E-state index contributed by atoms with van der Waals surface area (Å²) in [5.41, 5.74) is 2.78. The first-order valence-electron chi connectivity index (χ1n) is 6.75. The lowest BCUT2D eigenvalue weighted by Crippen LogP contribution is -2.16. The molecule has 0 aliphatic heterocycles. The van der Waals surface area contributed by atoms with E-state index in [1.165, 1.54) is 17.5 Å². The Bertz CT molecular complexity index is 375. The molecule has 1 unspecified atom stereocenters. The van der Waals surface area contributed by atoms with Gasteiger partial charge in [0, 0.05) is 12.8 Å². The van der Waals surface area contributed by atoms with Gasteiger partial charge in [-0.05, 0) is 42.2 Å². The summed E-state index contributed by atoms with van der Waals surface area (Å²) in [6, 6.07) is 8.91. The maximum atomic E-state index is 11.4. The molecule has 0 radical (unpaired) electrons. The molecule has 1 aliphatic rings. The lowest BCUT2D eigenvalue weighted by atomic mass is 9.84. The van der Waals surface area contributed by atoms with Crippen LogP contribution in [0.1, 0.15) is 56.6 Å².